The molecule has 0 fully saturated rings. The topological polar surface area (TPSA) is 140 Å². The molecule has 0 spiro atoms. The SMILES string of the molecule is CS(=O)(=O)NCCCNC(=O)c1nonc1N. The lowest BCUT2D eigenvalue weighted by molar-refractivity contribution is 0.0944. The first-order valence-electron chi connectivity index (χ1n) is 4.71. The van der Waals surface area contributed by atoms with Crippen LogP contribution in [-0.2, 0) is 10.0 Å². The van der Waals surface area contributed by atoms with Crippen molar-refractivity contribution in [2.24, 2.45) is 0 Å². The first kappa shape index (κ1) is 13.4. The monoisotopic (exact) mass is 263 g/mol. The molecule has 1 rings (SSSR count). The number of nitrogens with one attached hydrogen (secondary N) is 2. The molecule has 1 amide bonds. The minimum absolute atomic E-state index is 0.0823. The molecule has 96 valence electrons. The molecular weight excluding hydrogens is 250 g/mol. The van der Waals surface area contributed by atoms with Crippen LogP contribution >= 0.6 is 0 Å². The number of nitrogens with zero attached hydrogens (tertiary/aromatic N) is 2. The van der Waals surface area contributed by atoms with Gasteiger partial charge in [-0.1, -0.05) is 0 Å². The van der Waals surface area contributed by atoms with Gasteiger partial charge < -0.3 is 11.1 Å². The molecule has 0 bridgehead atoms. The largest absolute Gasteiger partial charge is 0.379 e. The standard InChI is InChI=1S/C7H13N5O4S/c1-17(14,15)10-4-2-3-9-7(13)5-6(8)12-16-11-5/h10H,2-4H2,1H3,(H2,8,12)(H,9,13). The Hall–Kier alpha value is -1.68. The van der Waals surface area contributed by atoms with E-state index in [1.807, 2.05) is 0 Å². The number of hydrogen-bond acceptors (Lipinski definition) is 7. The zero-order valence-electron chi connectivity index (χ0n) is 9.13. The van der Waals surface area contributed by atoms with Gasteiger partial charge in [-0.2, -0.15) is 0 Å². The maximum absolute atomic E-state index is 11.4. The van der Waals surface area contributed by atoms with E-state index in [0.29, 0.717) is 6.42 Å². The number of carbonyl (C=O) groups is 1. The van der Waals surface area contributed by atoms with E-state index in [-0.39, 0.29) is 24.6 Å². The summed E-state index contributed by atoms with van der Waals surface area (Å²) in [5.74, 6) is -0.597. The van der Waals surface area contributed by atoms with Gasteiger partial charge in [-0.3, -0.25) is 4.79 Å². The van der Waals surface area contributed by atoms with Crippen LogP contribution in [0, 0.1) is 0 Å². The molecule has 4 N–H and O–H groups in total. The molecule has 0 atom stereocenters. The molecule has 0 aliphatic rings. The third-order valence-corrected chi connectivity index (χ3v) is 2.46. The smallest absolute Gasteiger partial charge is 0.277 e. The van der Waals surface area contributed by atoms with Crippen molar-refractivity contribution in [1.29, 1.82) is 0 Å². The second-order valence-corrected chi connectivity index (χ2v) is 5.11. The lowest BCUT2D eigenvalue weighted by atomic mass is 10.3. The summed E-state index contributed by atoms with van der Waals surface area (Å²) in [7, 11) is -3.19. The van der Waals surface area contributed by atoms with Crippen LogP contribution in [0.5, 0.6) is 0 Å². The number of nitrogen functional groups attached to an aromatic ring is 1. The Balaban J connectivity index is 2.24. The lowest BCUT2D eigenvalue weighted by Gasteiger charge is -2.03. The van der Waals surface area contributed by atoms with Crippen molar-refractivity contribution in [3.63, 3.8) is 0 Å². The second-order valence-electron chi connectivity index (χ2n) is 3.27. The van der Waals surface area contributed by atoms with Crippen molar-refractivity contribution in [2.75, 3.05) is 25.1 Å². The summed E-state index contributed by atoms with van der Waals surface area (Å²) < 4.78 is 28.0. The van der Waals surface area contributed by atoms with Crippen LogP contribution in [-0.4, -0.2) is 44.0 Å². The van der Waals surface area contributed by atoms with Gasteiger partial charge in [0.05, 0.1) is 6.26 Å². The van der Waals surface area contributed by atoms with Crippen LogP contribution in [0.1, 0.15) is 16.9 Å². The summed E-state index contributed by atoms with van der Waals surface area (Å²) >= 11 is 0. The fraction of sp³-hybridized carbons (Fsp3) is 0.571. The summed E-state index contributed by atoms with van der Waals surface area (Å²) in [6.07, 6.45) is 1.51. The molecule has 0 aliphatic carbocycles. The molecule has 0 saturated heterocycles. The van der Waals surface area contributed by atoms with Gasteiger partial charge in [-0.05, 0) is 16.7 Å². The number of carbonyl (C=O) groups excluding carboxylic acids is 1. The van der Waals surface area contributed by atoms with Crippen LogP contribution in [0.2, 0.25) is 0 Å². The van der Waals surface area contributed by atoms with Gasteiger partial charge >= 0.3 is 0 Å². The van der Waals surface area contributed by atoms with Crippen molar-refractivity contribution < 1.29 is 17.8 Å². The molecule has 0 aliphatic heterocycles. The molecule has 9 nitrogen and oxygen atoms in total. The number of rotatable bonds is 6. The summed E-state index contributed by atoms with van der Waals surface area (Å²) in [4.78, 5) is 11.4. The van der Waals surface area contributed by atoms with Crippen molar-refractivity contribution in [3.05, 3.63) is 5.69 Å². The Morgan fingerprint density at radius 2 is 2.12 bits per heavy atom. The zero-order valence-corrected chi connectivity index (χ0v) is 9.95. The third kappa shape index (κ3) is 4.78. The van der Waals surface area contributed by atoms with Gasteiger partial charge in [0.1, 0.15) is 0 Å². The maximum Gasteiger partial charge on any atom is 0.277 e. The molecule has 1 aromatic rings. The fourth-order valence-corrected chi connectivity index (χ4v) is 1.50. The fourth-order valence-electron chi connectivity index (χ4n) is 0.985. The van der Waals surface area contributed by atoms with E-state index in [0.717, 1.165) is 6.26 Å². The highest BCUT2D eigenvalue weighted by atomic mass is 32.2. The Labute approximate surface area is 97.8 Å². The van der Waals surface area contributed by atoms with E-state index in [9.17, 15) is 13.2 Å². The molecule has 1 aromatic heterocycles. The second kappa shape index (κ2) is 5.59. The number of sulfonamides is 1. The molecule has 1 heterocycles. The Kier molecular flexibility index (Phi) is 4.40. The van der Waals surface area contributed by atoms with Gasteiger partial charge in [0.25, 0.3) is 5.91 Å². The van der Waals surface area contributed by atoms with Crippen molar-refractivity contribution in [2.45, 2.75) is 6.42 Å². The number of anilines is 1. The van der Waals surface area contributed by atoms with Crippen LogP contribution < -0.4 is 15.8 Å². The maximum atomic E-state index is 11.4. The van der Waals surface area contributed by atoms with Gasteiger partial charge in [0.2, 0.25) is 21.5 Å². The number of aromatic nitrogens is 2. The minimum Gasteiger partial charge on any atom is -0.379 e. The summed E-state index contributed by atoms with van der Waals surface area (Å²) in [5, 5.41) is 9.07. The van der Waals surface area contributed by atoms with Gasteiger partial charge in [0.15, 0.2) is 0 Å². The van der Waals surface area contributed by atoms with Crippen LogP contribution in [0.25, 0.3) is 0 Å². The van der Waals surface area contributed by atoms with E-state index in [2.05, 4.69) is 25.0 Å². The first-order valence-corrected chi connectivity index (χ1v) is 6.60. The predicted molar refractivity (Wildman–Crippen MR) is 58.5 cm³/mol. The van der Waals surface area contributed by atoms with E-state index in [1.165, 1.54) is 0 Å². The summed E-state index contributed by atoms with van der Waals surface area (Å²) in [6.45, 7) is 0.527. The van der Waals surface area contributed by atoms with Crippen molar-refractivity contribution >= 4 is 21.7 Å². The quantitative estimate of drug-likeness (QED) is 0.520. The van der Waals surface area contributed by atoms with E-state index < -0.39 is 15.9 Å². The van der Waals surface area contributed by atoms with E-state index >= 15 is 0 Å². The number of nitrogens with two attached hydrogens (primary N) is 1. The average Bonchev–Trinajstić information content (AvgIpc) is 2.62. The summed E-state index contributed by atoms with van der Waals surface area (Å²) in [6, 6.07) is 0. The normalized spacial score (nSPS) is 11.4. The highest BCUT2D eigenvalue weighted by Gasteiger charge is 2.14. The van der Waals surface area contributed by atoms with E-state index in [1.54, 1.807) is 0 Å². The molecule has 10 heteroatoms. The molecule has 0 aromatic carbocycles. The van der Waals surface area contributed by atoms with Gasteiger partial charge in [-0.25, -0.2) is 17.8 Å². The van der Waals surface area contributed by atoms with E-state index in [4.69, 9.17) is 5.73 Å². The van der Waals surface area contributed by atoms with Crippen molar-refractivity contribution in [1.82, 2.24) is 20.4 Å². The van der Waals surface area contributed by atoms with Gasteiger partial charge in [-0.15, -0.1) is 0 Å². The number of hydrogen-bond donors (Lipinski definition) is 3. The number of amides is 1. The van der Waals surface area contributed by atoms with Crippen molar-refractivity contribution in [3.8, 4) is 0 Å². The first-order chi connectivity index (χ1) is 7.90. The highest BCUT2D eigenvalue weighted by Crippen LogP contribution is 2.02. The zero-order chi connectivity index (χ0) is 12.9. The summed E-state index contributed by atoms with van der Waals surface area (Å²) in [5.41, 5.74) is 5.23. The molecule has 17 heavy (non-hydrogen) atoms. The Bertz CT molecular complexity index is 482. The van der Waals surface area contributed by atoms with Gasteiger partial charge in [0, 0.05) is 13.1 Å². The molecular formula is C7H13N5O4S. The van der Waals surface area contributed by atoms with Crippen LogP contribution in [0.4, 0.5) is 5.82 Å². The van der Waals surface area contributed by atoms with Crippen LogP contribution in [0.3, 0.4) is 0 Å². The average molecular weight is 263 g/mol. The molecule has 0 saturated carbocycles. The molecule has 0 radical (unpaired) electrons. The Morgan fingerprint density at radius 1 is 1.41 bits per heavy atom. The minimum atomic E-state index is -3.19. The predicted octanol–water partition coefficient (Wildman–Crippen LogP) is -1.68. The Morgan fingerprint density at radius 3 is 2.65 bits per heavy atom. The highest BCUT2D eigenvalue weighted by molar-refractivity contribution is 7.88. The molecule has 0 unspecified atom stereocenters. The lowest BCUT2D eigenvalue weighted by Crippen LogP contribution is -2.29. The van der Waals surface area contributed by atoms with Crippen LogP contribution in [0.15, 0.2) is 4.63 Å². The third-order valence-electron chi connectivity index (χ3n) is 1.73.